The molecule has 0 saturated carbocycles. The van der Waals surface area contributed by atoms with E-state index in [2.05, 4.69) is 88.4 Å². The number of ketones is 1. The fraction of sp³-hybridized carbons (Fsp3) is 0.350. The maximum atomic E-state index is 11.5. The third-order valence-corrected chi connectivity index (χ3v) is 8.50. The molecule has 6 rings (SSSR count). The first kappa shape index (κ1) is 34.3. The van der Waals surface area contributed by atoms with Gasteiger partial charge in [-0.3, -0.25) is 9.78 Å². The van der Waals surface area contributed by atoms with Gasteiger partial charge in [-0.25, -0.2) is 0 Å². The van der Waals surface area contributed by atoms with Crippen LogP contribution in [0.3, 0.4) is 0 Å². The predicted octanol–water partition coefficient (Wildman–Crippen LogP) is 11.0. The standard InChI is InChI=1S/C29H24NO.C11H20O2.Ir/c1-17(2)18-12-14-23-19(16-18)13-15-24(30-23)20-9-7-10-22-26(20)29(3,4)27-21-8-5-6-11-25(21)31-28(22)27;1-10(2,3)8(12)7-9(13)11(4,5)6;/h5-8,10-17H,1-4H3;7,12H,1-6H3;/q-1;;/b;8-7-;. The zero-order valence-electron chi connectivity index (χ0n) is 28.0. The number of pyridine rings is 1. The quantitative estimate of drug-likeness (QED) is 0.113. The van der Waals surface area contributed by atoms with E-state index in [4.69, 9.17) is 9.40 Å². The number of hydrogen-bond acceptors (Lipinski definition) is 4. The average molecular weight is 779 g/mol. The van der Waals surface area contributed by atoms with Crippen LogP contribution in [0.4, 0.5) is 0 Å². The zero-order valence-corrected chi connectivity index (χ0v) is 30.4. The molecular weight excluding hydrogens is 735 g/mol. The second-order valence-corrected chi connectivity index (χ2v) is 14.8. The summed E-state index contributed by atoms with van der Waals surface area (Å²) in [6.07, 6.45) is 1.33. The van der Waals surface area contributed by atoms with Gasteiger partial charge in [0.1, 0.15) is 17.1 Å². The van der Waals surface area contributed by atoms with E-state index < -0.39 is 5.41 Å². The second kappa shape index (κ2) is 12.3. The molecule has 0 amide bonds. The maximum Gasteiger partial charge on any atom is 0.164 e. The fourth-order valence-electron chi connectivity index (χ4n) is 5.72. The minimum Gasteiger partial charge on any atom is -0.512 e. The van der Waals surface area contributed by atoms with Crippen molar-refractivity contribution in [3.05, 3.63) is 101 Å². The van der Waals surface area contributed by atoms with Crippen molar-refractivity contribution in [2.45, 2.75) is 80.6 Å². The van der Waals surface area contributed by atoms with Crippen molar-refractivity contribution in [1.82, 2.24) is 4.98 Å². The van der Waals surface area contributed by atoms with Gasteiger partial charge in [-0.15, -0.1) is 29.3 Å². The van der Waals surface area contributed by atoms with E-state index in [9.17, 15) is 9.90 Å². The molecule has 0 saturated heterocycles. The molecular formula is C40H44IrNO3-. The minimum absolute atomic E-state index is 0. The summed E-state index contributed by atoms with van der Waals surface area (Å²) < 4.78 is 6.33. The average Bonchev–Trinajstić information content (AvgIpc) is 3.45. The van der Waals surface area contributed by atoms with E-state index in [0.717, 1.165) is 33.7 Å². The summed E-state index contributed by atoms with van der Waals surface area (Å²) in [5, 5.41) is 11.9. The van der Waals surface area contributed by atoms with E-state index in [1.165, 1.54) is 33.5 Å². The molecule has 2 aromatic heterocycles. The van der Waals surface area contributed by atoms with Crippen molar-refractivity contribution < 1.29 is 34.4 Å². The molecule has 5 aromatic rings. The van der Waals surface area contributed by atoms with Crippen molar-refractivity contribution in [2.75, 3.05) is 0 Å². The summed E-state index contributed by atoms with van der Waals surface area (Å²) in [7, 11) is 0. The van der Waals surface area contributed by atoms with Gasteiger partial charge in [0.2, 0.25) is 0 Å². The van der Waals surface area contributed by atoms with E-state index in [1.54, 1.807) is 0 Å². The summed E-state index contributed by atoms with van der Waals surface area (Å²) in [5.41, 5.74) is 8.05. The Kier molecular flexibility index (Phi) is 9.42. The van der Waals surface area contributed by atoms with Gasteiger partial charge in [-0.2, -0.15) is 0 Å². The first-order valence-corrected chi connectivity index (χ1v) is 15.4. The number of para-hydroxylation sites is 1. The molecule has 1 aliphatic rings. The van der Waals surface area contributed by atoms with Crippen LogP contribution in [-0.2, 0) is 30.3 Å². The summed E-state index contributed by atoms with van der Waals surface area (Å²) in [6.45, 7) is 20.1. The van der Waals surface area contributed by atoms with Crippen LogP contribution in [-0.4, -0.2) is 15.9 Å². The molecule has 1 radical (unpaired) electrons. The van der Waals surface area contributed by atoms with Gasteiger partial charge in [0.05, 0.1) is 5.52 Å². The molecule has 0 atom stereocenters. The van der Waals surface area contributed by atoms with Crippen LogP contribution in [0.15, 0.2) is 83.0 Å². The molecule has 0 aliphatic heterocycles. The Morgan fingerprint density at radius 3 is 2.27 bits per heavy atom. The van der Waals surface area contributed by atoms with Crippen molar-refractivity contribution in [3.63, 3.8) is 0 Å². The van der Waals surface area contributed by atoms with E-state index in [-0.39, 0.29) is 42.5 Å². The Bertz CT molecular complexity index is 1910. The molecule has 1 aliphatic carbocycles. The van der Waals surface area contributed by atoms with Gasteiger partial charge >= 0.3 is 0 Å². The molecule has 0 fully saturated rings. The number of carbonyl (C=O) groups is 1. The summed E-state index contributed by atoms with van der Waals surface area (Å²) in [6, 6.07) is 26.9. The van der Waals surface area contributed by atoms with Crippen LogP contribution in [0.25, 0.3) is 44.5 Å². The third-order valence-electron chi connectivity index (χ3n) is 8.50. The van der Waals surface area contributed by atoms with Gasteiger partial charge < -0.3 is 9.52 Å². The number of furan rings is 1. The molecule has 2 heterocycles. The molecule has 0 spiro atoms. The molecule has 1 N–H and O–H groups in total. The number of aliphatic hydroxyl groups is 1. The van der Waals surface area contributed by atoms with Gasteiger partial charge in [-0.1, -0.05) is 111 Å². The van der Waals surface area contributed by atoms with Crippen LogP contribution in [0.2, 0.25) is 0 Å². The van der Waals surface area contributed by atoms with Gasteiger partial charge in [0, 0.05) is 48.0 Å². The van der Waals surface area contributed by atoms with E-state index in [1.807, 2.05) is 53.7 Å². The summed E-state index contributed by atoms with van der Waals surface area (Å²) >= 11 is 0. The minimum atomic E-state index is -0.417. The molecule has 0 bridgehead atoms. The molecule has 4 nitrogen and oxygen atoms in total. The van der Waals surface area contributed by atoms with Crippen molar-refractivity contribution in [2.24, 2.45) is 10.8 Å². The smallest absolute Gasteiger partial charge is 0.164 e. The molecule has 45 heavy (non-hydrogen) atoms. The third kappa shape index (κ3) is 6.57. The molecule has 0 unspecified atom stereocenters. The Balaban J connectivity index is 0.000000283. The van der Waals surface area contributed by atoms with Gasteiger partial charge in [0.25, 0.3) is 0 Å². The Morgan fingerprint density at radius 2 is 1.62 bits per heavy atom. The van der Waals surface area contributed by atoms with Crippen molar-refractivity contribution >= 4 is 27.7 Å². The SMILES string of the molecule is CC(C)(C)C(=O)/C=C(\O)C(C)(C)C.CC(C)c1ccc2nc(-c3[c-]ccc4c3C(C)(C)c3c-4oc4ccccc34)ccc2c1.[Ir]. The van der Waals surface area contributed by atoms with E-state index in [0.29, 0.717) is 5.92 Å². The van der Waals surface area contributed by atoms with Crippen LogP contribution in [0.1, 0.15) is 91.8 Å². The van der Waals surface area contributed by atoms with Crippen LogP contribution in [0.5, 0.6) is 0 Å². The van der Waals surface area contributed by atoms with Crippen molar-refractivity contribution in [3.8, 4) is 22.6 Å². The van der Waals surface area contributed by atoms with E-state index >= 15 is 0 Å². The first-order chi connectivity index (χ1) is 20.5. The van der Waals surface area contributed by atoms with Gasteiger partial charge in [0.15, 0.2) is 5.78 Å². The summed E-state index contributed by atoms with van der Waals surface area (Å²) in [5.74, 6) is 1.60. The maximum absolute atomic E-state index is 11.5. The second-order valence-electron chi connectivity index (χ2n) is 14.8. The van der Waals surface area contributed by atoms with Crippen LogP contribution < -0.4 is 0 Å². The fourth-order valence-corrected chi connectivity index (χ4v) is 5.72. The number of hydrogen-bond donors (Lipinski definition) is 1. The molecule has 3 aromatic carbocycles. The number of fused-ring (bicyclic) bond motifs is 6. The number of nitrogens with zero attached hydrogens (tertiary/aromatic N) is 1. The van der Waals surface area contributed by atoms with Gasteiger partial charge in [-0.05, 0) is 46.2 Å². The molecule has 5 heteroatoms. The Hall–Kier alpha value is -3.53. The number of rotatable bonds is 3. The summed E-state index contributed by atoms with van der Waals surface area (Å²) in [4.78, 5) is 16.5. The predicted molar refractivity (Wildman–Crippen MR) is 182 cm³/mol. The number of carbonyl (C=O) groups excluding carboxylic acids is 1. The van der Waals surface area contributed by atoms with Crippen LogP contribution in [0, 0.1) is 16.9 Å². The zero-order chi connectivity index (χ0) is 32.2. The molecule has 237 valence electrons. The topological polar surface area (TPSA) is 63.3 Å². The van der Waals surface area contributed by atoms with Crippen molar-refractivity contribution in [1.29, 1.82) is 0 Å². The first-order valence-electron chi connectivity index (χ1n) is 15.4. The monoisotopic (exact) mass is 779 g/mol. The number of benzene rings is 3. The normalized spacial score (nSPS) is 14.1. The largest absolute Gasteiger partial charge is 0.512 e. The van der Waals surface area contributed by atoms with Crippen LogP contribution >= 0.6 is 0 Å². The number of aliphatic hydroxyl groups excluding tert-OH is 1. The Morgan fingerprint density at radius 1 is 0.933 bits per heavy atom. The Labute approximate surface area is 281 Å². The number of allylic oxidation sites excluding steroid dienone is 2. The number of aromatic nitrogens is 1.